The van der Waals surface area contributed by atoms with E-state index in [2.05, 4.69) is 22.9 Å². The van der Waals surface area contributed by atoms with Crippen LogP contribution in [0.2, 0.25) is 0 Å². The van der Waals surface area contributed by atoms with Crippen LogP contribution in [0.4, 0.5) is 4.39 Å². The molecule has 0 radical (unpaired) electrons. The van der Waals surface area contributed by atoms with Gasteiger partial charge in [-0.3, -0.25) is 0 Å². The second-order valence-corrected chi connectivity index (χ2v) is 6.86. The third kappa shape index (κ3) is 3.60. The van der Waals surface area contributed by atoms with Gasteiger partial charge in [0.1, 0.15) is 5.82 Å². The van der Waals surface area contributed by atoms with E-state index in [4.69, 9.17) is 4.74 Å². The lowest BCUT2D eigenvalue weighted by atomic mass is 9.75. The standard InChI is InChI=1S/C16H22BrFO2/c1-11-3-5-16(20-2,6-4-11)15(19)9-12-7-13(17)10-14(18)8-12/h7-8,10-11,15,19H,3-6,9H2,1-2H3. The first-order valence-corrected chi connectivity index (χ1v) is 7.93. The molecule has 2 rings (SSSR count). The van der Waals surface area contributed by atoms with E-state index < -0.39 is 11.7 Å². The van der Waals surface area contributed by atoms with Gasteiger partial charge in [0.05, 0.1) is 11.7 Å². The maximum atomic E-state index is 13.4. The predicted molar refractivity (Wildman–Crippen MR) is 81.2 cm³/mol. The minimum absolute atomic E-state index is 0.287. The van der Waals surface area contributed by atoms with Crippen molar-refractivity contribution in [2.45, 2.75) is 50.7 Å². The van der Waals surface area contributed by atoms with Crippen LogP contribution in [-0.2, 0) is 11.2 Å². The summed E-state index contributed by atoms with van der Waals surface area (Å²) >= 11 is 3.28. The normalized spacial score (nSPS) is 28.4. The number of hydrogen-bond acceptors (Lipinski definition) is 2. The highest BCUT2D eigenvalue weighted by atomic mass is 79.9. The average molecular weight is 345 g/mol. The average Bonchev–Trinajstić information content (AvgIpc) is 2.38. The summed E-state index contributed by atoms with van der Waals surface area (Å²) in [5.74, 6) is 0.402. The van der Waals surface area contributed by atoms with Crippen molar-refractivity contribution in [2.75, 3.05) is 7.11 Å². The van der Waals surface area contributed by atoms with Crippen molar-refractivity contribution in [2.24, 2.45) is 5.92 Å². The van der Waals surface area contributed by atoms with Crippen molar-refractivity contribution in [1.82, 2.24) is 0 Å². The number of methoxy groups -OCH3 is 1. The van der Waals surface area contributed by atoms with Gasteiger partial charge in [-0.2, -0.15) is 0 Å². The largest absolute Gasteiger partial charge is 0.390 e. The molecule has 0 aromatic heterocycles. The van der Waals surface area contributed by atoms with Crippen LogP contribution in [0.3, 0.4) is 0 Å². The van der Waals surface area contributed by atoms with Gasteiger partial charge in [0, 0.05) is 18.0 Å². The van der Waals surface area contributed by atoms with E-state index in [-0.39, 0.29) is 5.82 Å². The maximum Gasteiger partial charge on any atom is 0.124 e. The van der Waals surface area contributed by atoms with Crippen molar-refractivity contribution in [3.05, 3.63) is 34.1 Å². The zero-order valence-electron chi connectivity index (χ0n) is 12.0. The summed E-state index contributed by atoms with van der Waals surface area (Å²) < 4.78 is 19.8. The molecule has 4 heteroatoms. The Labute approximate surface area is 128 Å². The molecule has 112 valence electrons. The van der Waals surface area contributed by atoms with Gasteiger partial charge in [0.15, 0.2) is 0 Å². The van der Waals surface area contributed by atoms with Crippen molar-refractivity contribution in [3.8, 4) is 0 Å². The molecule has 1 fully saturated rings. The minimum atomic E-state index is -0.603. The predicted octanol–water partition coefficient (Wildman–Crippen LogP) is 4.09. The Morgan fingerprint density at radius 2 is 2.05 bits per heavy atom. The van der Waals surface area contributed by atoms with Crippen molar-refractivity contribution >= 4 is 15.9 Å². The molecule has 1 saturated carbocycles. The minimum Gasteiger partial charge on any atom is -0.390 e. The number of halogens is 2. The zero-order valence-corrected chi connectivity index (χ0v) is 13.6. The van der Waals surface area contributed by atoms with Gasteiger partial charge in [0.25, 0.3) is 0 Å². The van der Waals surface area contributed by atoms with Crippen LogP contribution in [0.5, 0.6) is 0 Å². The summed E-state index contributed by atoms with van der Waals surface area (Å²) in [6.45, 7) is 2.23. The Kier molecular flexibility index (Phi) is 5.21. The highest BCUT2D eigenvalue weighted by Gasteiger charge is 2.40. The van der Waals surface area contributed by atoms with E-state index in [0.29, 0.717) is 16.8 Å². The van der Waals surface area contributed by atoms with Gasteiger partial charge >= 0.3 is 0 Å². The molecule has 0 bridgehead atoms. The fourth-order valence-corrected chi connectivity index (χ4v) is 3.57. The van der Waals surface area contributed by atoms with E-state index >= 15 is 0 Å². The summed E-state index contributed by atoms with van der Waals surface area (Å²) in [5.41, 5.74) is 0.310. The monoisotopic (exact) mass is 344 g/mol. The van der Waals surface area contributed by atoms with Crippen molar-refractivity contribution in [3.63, 3.8) is 0 Å². The van der Waals surface area contributed by atoms with Gasteiger partial charge in [0.2, 0.25) is 0 Å². The van der Waals surface area contributed by atoms with Crippen LogP contribution in [0.15, 0.2) is 22.7 Å². The van der Waals surface area contributed by atoms with Gasteiger partial charge in [-0.1, -0.05) is 22.9 Å². The first-order valence-electron chi connectivity index (χ1n) is 7.13. The molecule has 0 aliphatic heterocycles. The quantitative estimate of drug-likeness (QED) is 0.891. The second kappa shape index (κ2) is 6.54. The Morgan fingerprint density at radius 1 is 1.40 bits per heavy atom. The Balaban J connectivity index is 2.11. The van der Waals surface area contributed by atoms with E-state index in [0.717, 1.165) is 31.2 Å². The molecular formula is C16H22BrFO2. The maximum absolute atomic E-state index is 13.4. The number of aliphatic hydroxyl groups is 1. The molecule has 0 spiro atoms. The van der Waals surface area contributed by atoms with E-state index in [1.165, 1.54) is 12.1 Å². The van der Waals surface area contributed by atoms with Crippen LogP contribution in [0.1, 0.15) is 38.2 Å². The third-order valence-electron chi connectivity index (χ3n) is 4.49. The molecule has 0 amide bonds. The Morgan fingerprint density at radius 3 is 2.60 bits per heavy atom. The number of benzene rings is 1. The van der Waals surface area contributed by atoms with Crippen LogP contribution < -0.4 is 0 Å². The number of hydrogen-bond donors (Lipinski definition) is 1. The molecule has 2 nitrogen and oxygen atoms in total. The zero-order chi connectivity index (χ0) is 14.8. The molecule has 1 unspecified atom stereocenters. The van der Waals surface area contributed by atoms with Gasteiger partial charge in [-0.05, 0) is 55.4 Å². The number of aliphatic hydroxyl groups excluding tert-OH is 1. The topological polar surface area (TPSA) is 29.5 Å². The Hall–Kier alpha value is -0.450. The van der Waals surface area contributed by atoms with E-state index in [1.54, 1.807) is 7.11 Å². The smallest absolute Gasteiger partial charge is 0.124 e. The summed E-state index contributed by atoms with van der Waals surface area (Å²) in [7, 11) is 1.67. The molecule has 0 saturated heterocycles. The van der Waals surface area contributed by atoms with Crippen LogP contribution in [0.25, 0.3) is 0 Å². The first-order chi connectivity index (χ1) is 9.45. The van der Waals surface area contributed by atoms with Crippen molar-refractivity contribution in [1.29, 1.82) is 0 Å². The van der Waals surface area contributed by atoms with Crippen LogP contribution in [-0.4, -0.2) is 23.9 Å². The summed E-state index contributed by atoms with van der Waals surface area (Å²) in [5, 5.41) is 10.6. The fourth-order valence-electron chi connectivity index (χ4n) is 3.06. The molecule has 1 aliphatic rings. The van der Waals surface area contributed by atoms with Crippen LogP contribution in [0, 0.1) is 11.7 Å². The molecule has 1 aromatic rings. The highest BCUT2D eigenvalue weighted by Crippen LogP contribution is 2.38. The second-order valence-electron chi connectivity index (χ2n) is 5.95. The highest BCUT2D eigenvalue weighted by molar-refractivity contribution is 9.10. The SMILES string of the molecule is COC1(C(O)Cc2cc(F)cc(Br)c2)CCC(C)CC1. The van der Waals surface area contributed by atoms with Crippen molar-refractivity contribution < 1.29 is 14.2 Å². The summed E-state index contributed by atoms with van der Waals surface area (Å²) in [4.78, 5) is 0. The third-order valence-corrected chi connectivity index (χ3v) is 4.94. The fraction of sp³-hybridized carbons (Fsp3) is 0.625. The summed E-state index contributed by atoms with van der Waals surface area (Å²) in [6.07, 6.45) is 3.67. The van der Waals surface area contributed by atoms with Gasteiger partial charge in [-0.25, -0.2) is 4.39 Å². The molecule has 1 N–H and O–H groups in total. The van der Waals surface area contributed by atoms with Gasteiger partial charge < -0.3 is 9.84 Å². The number of rotatable bonds is 4. The summed E-state index contributed by atoms with van der Waals surface area (Å²) in [6, 6.07) is 4.74. The molecule has 1 aromatic carbocycles. The molecule has 0 heterocycles. The first kappa shape index (κ1) is 15.9. The molecule has 1 aliphatic carbocycles. The molecule has 1 atom stereocenters. The number of ether oxygens (including phenoxy) is 1. The lowest BCUT2D eigenvalue weighted by molar-refractivity contribution is -0.127. The molecular weight excluding hydrogens is 323 g/mol. The lowest BCUT2D eigenvalue weighted by Gasteiger charge is -2.41. The van der Waals surface area contributed by atoms with Crippen LogP contribution >= 0.6 is 15.9 Å². The Bertz CT molecular complexity index is 436. The van der Waals surface area contributed by atoms with Gasteiger partial charge in [-0.15, -0.1) is 0 Å². The molecule has 20 heavy (non-hydrogen) atoms. The van der Waals surface area contributed by atoms with E-state index in [1.807, 2.05) is 6.07 Å². The lowest BCUT2D eigenvalue weighted by Crippen LogP contribution is -2.47. The van der Waals surface area contributed by atoms with E-state index in [9.17, 15) is 9.50 Å².